The Kier molecular flexibility index (Phi) is 5.12. The van der Waals surface area contributed by atoms with E-state index in [1.54, 1.807) is 0 Å². The molecule has 0 aliphatic carbocycles. The molecule has 0 radical (unpaired) electrons. The molecule has 28 heavy (non-hydrogen) atoms. The first kappa shape index (κ1) is 18.2. The number of benzene rings is 1. The molecule has 4 aromatic rings. The average Bonchev–Trinajstić information content (AvgIpc) is 3.33. The standard InChI is InChI=1S/C20H24N8/c1-14-13-22-15(2)20-23-17(25-28(14)20)9-10-18-24-19(16-7-4-3-5-8-16)26-27(18)12-6-11-21/h3-5,7-8,13H,6,9-12,21H2,1-2H3. The predicted octanol–water partition coefficient (Wildman–Crippen LogP) is 2.13. The highest BCUT2D eigenvalue weighted by Crippen LogP contribution is 2.17. The molecule has 4 rings (SSSR count). The van der Waals surface area contributed by atoms with Crippen LogP contribution in [0.15, 0.2) is 36.5 Å². The van der Waals surface area contributed by atoms with Gasteiger partial charge in [0.05, 0.1) is 11.4 Å². The Bertz CT molecular complexity index is 1040. The summed E-state index contributed by atoms with van der Waals surface area (Å²) in [6.45, 7) is 5.31. The lowest BCUT2D eigenvalue weighted by atomic mass is 10.2. The second kappa shape index (κ2) is 7.85. The summed E-state index contributed by atoms with van der Waals surface area (Å²) in [4.78, 5) is 13.8. The van der Waals surface area contributed by atoms with Gasteiger partial charge >= 0.3 is 0 Å². The van der Waals surface area contributed by atoms with E-state index in [9.17, 15) is 0 Å². The molecule has 0 fully saturated rings. The van der Waals surface area contributed by atoms with Gasteiger partial charge in [-0.15, -0.1) is 0 Å². The molecule has 8 nitrogen and oxygen atoms in total. The lowest BCUT2D eigenvalue weighted by Gasteiger charge is -2.03. The van der Waals surface area contributed by atoms with E-state index in [-0.39, 0.29) is 0 Å². The molecule has 2 N–H and O–H groups in total. The van der Waals surface area contributed by atoms with Crippen LogP contribution < -0.4 is 5.73 Å². The van der Waals surface area contributed by atoms with Crippen molar-refractivity contribution in [3.8, 4) is 11.4 Å². The lowest BCUT2D eigenvalue weighted by molar-refractivity contribution is 0.552. The molecule has 0 unspecified atom stereocenters. The number of nitrogens with two attached hydrogens (primary N) is 1. The second-order valence-electron chi connectivity index (χ2n) is 6.83. The molecule has 0 spiro atoms. The van der Waals surface area contributed by atoms with Crippen molar-refractivity contribution in [2.45, 2.75) is 39.7 Å². The first-order valence-electron chi connectivity index (χ1n) is 9.53. The van der Waals surface area contributed by atoms with Crippen LogP contribution in [0.1, 0.15) is 29.5 Å². The van der Waals surface area contributed by atoms with Gasteiger partial charge in [0.1, 0.15) is 5.82 Å². The van der Waals surface area contributed by atoms with Gasteiger partial charge in [-0.3, -0.25) is 4.98 Å². The van der Waals surface area contributed by atoms with Gasteiger partial charge in [0.15, 0.2) is 17.3 Å². The SMILES string of the molecule is Cc1ncc(C)n2nc(CCc3nc(-c4ccccc4)nn3CCCN)nc12. The van der Waals surface area contributed by atoms with Crippen LogP contribution in [0.2, 0.25) is 0 Å². The third-order valence-corrected chi connectivity index (χ3v) is 4.68. The number of hydrogen-bond acceptors (Lipinski definition) is 6. The second-order valence-corrected chi connectivity index (χ2v) is 6.83. The highest BCUT2D eigenvalue weighted by molar-refractivity contribution is 5.54. The molecular weight excluding hydrogens is 352 g/mol. The van der Waals surface area contributed by atoms with Crippen molar-refractivity contribution in [2.24, 2.45) is 5.73 Å². The minimum atomic E-state index is 0.625. The van der Waals surface area contributed by atoms with Gasteiger partial charge in [-0.1, -0.05) is 30.3 Å². The van der Waals surface area contributed by atoms with Crippen LogP contribution >= 0.6 is 0 Å². The third-order valence-electron chi connectivity index (χ3n) is 4.68. The lowest BCUT2D eigenvalue weighted by Crippen LogP contribution is -2.11. The molecular formula is C20H24N8. The van der Waals surface area contributed by atoms with Crippen molar-refractivity contribution in [2.75, 3.05) is 6.54 Å². The van der Waals surface area contributed by atoms with E-state index >= 15 is 0 Å². The summed E-state index contributed by atoms with van der Waals surface area (Å²) < 4.78 is 3.81. The van der Waals surface area contributed by atoms with Crippen molar-refractivity contribution < 1.29 is 0 Å². The summed E-state index contributed by atoms with van der Waals surface area (Å²) in [5.74, 6) is 2.46. The molecule has 0 aliphatic heterocycles. The Labute approximate surface area is 163 Å². The number of nitrogens with zero attached hydrogens (tertiary/aromatic N) is 7. The van der Waals surface area contributed by atoms with Crippen LogP contribution in [0.3, 0.4) is 0 Å². The first-order chi connectivity index (χ1) is 13.7. The van der Waals surface area contributed by atoms with Crippen LogP contribution in [0.5, 0.6) is 0 Å². The summed E-state index contributed by atoms with van der Waals surface area (Å²) in [6.07, 6.45) is 4.08. The summed E-state index contributed by atoms with van der Waals surface area (Å²) in [6, 6.07) is 10.0. The van der Waals surface area contributed by atoms with Crippen LogP contribution in [0, 0.1) is 13.8 Å². The average molecular weight is 376 g/mol. The fourth-order valence-electron chi connectivity index (χ4n) is 3.16. The smallest absolute Gasteiger partial charge is 0.181 e. The van der Waals surface area contributed by atoms with E-state index < -0.39 is 0 Å². The molecule has 0 aliphatic rings. The molecule has 8 heteroatoms. The number of hydrogen-bond donors (Lipinski definition) is 1. The van der Waals surface area contributed by atoms with Gasteiger partial charge in [-0.25, -0.2) is 19.2 Å². The van der Waals surface area contributed by atoms with Crippen LogP contribution in [0.25, 0.3) is 17.0 Å². The fourth-order valence-corrected chi connectivity index (χ4v) is 3.16. The van der Waals surface area contributed by atoms with E-state index in [0.29, 0.717) is 19.4 Å². The minimum absolute atomic E-state index is 0.625. The minimum Gasteiger partial charge on any atom is -0.330 e. The third kappa shape index (κ3) is 3.63. The number of aryl methyl sites for hydroxylation is 5. The highest BCUT2D eigenvalue weighted by Gasteiger charge is 2.14. The molecule has 3 aromatic heterocycles. The summed E-state index contributed by atoms with van der Waals surface area (Å²) in [7, 11) is 0. The maximum atomic E-state index is 5.69. The maximum Gasteiger partial charge on any atom is 0.181 e. The van der Waals surface area contributed by atoms with Crippen LogP contribution in [0.4, 0.5) is 0 Å². The van der Waals surface area contributed by atoms with Gasteiger partial charge in [0.25, 0.3) is 0 Å². The van der Waals surface area contributed by atoms with Gasteiger partial charge in [0.2, 0.25) is 0 Å². The Balaban J connectivity index is 1.59. The van der Waals surface area contributed by atoms with E-state index in [0.717, 1.165) is 53.0 Å². The topological polar surface area (TPSA) is 99.8 Å². The van der Waals surface area contributed by atoms with Gasteiger partial charge in [-0.05, 0) is 26.8 Å². The Morgan fingerprint density at radius 3 is 2.57 bits per heavy atom. The van der Waals surface area contributed by atoms with Crippen molar-refractivity contribution >= 4 is 5.65 Å². The van der Waals surface area contributed by atoms with Crippen molar-refractivity contribution in [3.63, 3.8) is 0 Å². The van der Waals surface area contributed by atoms with E-state index in [4.69, 9.17) is 15.8 Å². The molecule has 3 heterocycles. The Hall–Kier alpha value is -3.13. The zero-order valence-corrected chi connectivity index (χ0v) is 16.2. The summed E-state index contributed by atoms with van der Waals surface area (Å²) in [5, 5.41) is 9.33. The van der Waals surface area contributed by atoms with Gasteiger partial charge in [0, 0.05) is 31.1 Å². The highest BCUT2D eigenvalue weighted by atomic mass is 15.3. The van der Waals surface area contributed by atoms with Crippen molar-refractivity contribution in [1.82, 2.24) is 34.3 Å². The normalized spacial score (nSPS) is 11.4. The summed E-state index contributed by atoms with van der Waals surface area (Å²) >= 11 is 0. The molecule has 0 amide bonds. The van der Waals surface area contributed by atoms with Gasteiger partial charge < -0.3 is 5.73 Å². The molecule has 0 saturated carbocycles. The molecule has 0 bridgehead atoms. The maximum absolute atomic E-state index is 5.69. The zero-order chi connectivity index (χ0) is 19.5. The van der Waals surface area contributed by atoms with Crippen molar-refractivity contribution in [1.29, 1.82) is 0 Å². The van der Waals surface area contributed by atoms with E-state index in [1.165, 1.54) is 0 Å². The largest absolute Gasteiger partial charge is 0.330 e. The molecule has 144 valence electrons. The number of fused-ring (bicyclic) bond motifs is 1. The van der Waals surface area contributed by atoms with Crippen LogP contribution in [-0.4, -0.2) is 40.9 Å². The predicted molar refractivity (Wildman–Crippen MR) is 107 cm³/mol. The molecule has 1 aromatic carbocycles. The van der Waals surface area contributed by atoms with E-state index in [1.807, 2.05) is 59.6 Å². The molecule has 0 saturated heterocycles. The first-order valence-corrected chi connectivity index (χ1v) is 9.53. The summed E-state index contributed by atoms with van der Waals surface area (Å²) in [5.41, 5.74) is 9.36. The Morgan fingerprint density at radius 1 is 1.00 bits per heavy atom. The number of aromatic nitrogens is 7. The van der Waals surface area contributed by atoms with Gasteiger partial charge in [-0.2, -0.15) is 10.2 Å². The fraction of sp³-hybridized carbons (Fsp3) is 0.350. The Morgan fingerprint density at radius 2 is 1.82 bits per heavy atom. The number of rotatable bonds is 7. The zero-order valence-electron chi connectivity index (χ0n) is 16.2. The van der Waals surface area contributed by atoms with Crippen molar-refractivity contribution in [3.05, 3.63) is 59.6 Å². The monoisotopic (exact) mass is 376 g/mol. The molecule has 0 atom stereocenters. The van der Waals surface area contributed by atoms with E-state index in [2.05, 4.69) is 15.1 Å². The van der Waals surface area contributed by atoms with Crippen LogP contribution in [-0.2, 0) is 19.4 Å². The quantitative estimate of drug-likeness (QED) is 0.530.